The Morgan fingerprint density at radius 1 is 1.18 bits per heavy atom. The standard InChI is InChI=1S/C21H27ClN2O4/c1-14(20(26)23-16-7-4-2-3-5-8-16)28-21(27)15-10-11-17(22)18(13-15)24-12-6-9-19(24)25/h10-11,13-14,16H,2-9,12H2,1H3,(H,23,26)/t14-/m0/s1. The third kappa shape index (κ3) is 5.04. The summed E-state index contributed by atoms with van der Waals surface area (Å²) in [5.41, 5.74) is 0.780. The number of hydrogen-bond acceptors (Lipinski definition) is 4. The molecule has 0 aromatic heterocycles. The molecule has 2 aliphatic rings. The molecule has 1 heterocycles. The summed E-state index contributed by atoms with van der Waals surface area (Å²) in [5.74, 6) is -0.888. The monoisotopic (exact) mass is 406 g/mol. The molecule has 2 fully saturated rings. The van der Waals surface area contributed by atoms with E-state index in [1.165, 1.54) is 12.8 Å². The van der Waals surface area contributed by atoms with Crippen LogP contribution in [-0.4, -0.2) is 36.5 Å². The minimum atomic E-state index is -0.886. The van der Waals surface area contributed by atoms with Crippen LogP contribution >= 0.6 is 11.6 Å². The van der Waals surface area contributed by atoms with E-state index < -0.39 is 12.1 Å². The number of hydrogen-bond donors (Lipinski definition) is 1. The molecule has 7 heteroatoms. The summed E-state index contributed by atoms with van der Waals surface area (Å²) in [6, 6.07) is 4.84. The van der Waals surface area contributed by atoms with Crippen molar-refractivity contribution in [3.05, 3.63) is 28.8 Å². The highest BCUT2D eigenvalue weighted by atomic mass is 35.5. The number of esters is 1. The fourth-order valence-corrected chi connectivity index (χ4v) is 3.99. The van der Waals surface area contributed by atoms with Crippen LogP contribution in [0.25, 0.3) is 0 Å². The van der Waals surface area contributed by atoms with Gasteiger partial charge in [-0.05, 0) is 44.4 Å². The van der Waals surface area contributed by atoms with Crippen molar-refractivity contribution >= 4 is 35.1 Å². The van der Waals surface area contributed by atoms with Gasteiger partial charge >= 0.3 is 5.97 Å². The van der Waals surface area contributed by atoms with E-state index in [0.717, 1.165) is 32.1 Å². The van der Waals surface area contributed by atoms with Crippen molar-refractivity contribution in [3.8, 4) is 0 Å². The fourth-order valence-electron chi connectivity index (χ4n) is 3.77. The van der Waals surface area contributed by atoms with Crippen molar-refractivity contribution in [1.82, 2.24) is 5.32 Å². The molecule has 2 amide bonds. The van der Waals surface area contributed by atoms with Crippen molar-refractivity contribution in [2.24, 2.45) is 0 Å². The molecule has 1 atom stereocenters. The molecule has 6 nitrogen and oxygen atoms in total. The number of anilines is 1. The Kier molecular flexibility index (Phi) is 6.94. The molecule has 0 spiro atoms. The van der Waals surface area contributed by atoms with Gasteiger partial charge in [-0.25, -0.2) is 4.79 Å². The molecule has 152 valence electrons. The number of carbonyl (C=O) groups excluding carboxylic acids is 3. The normalized spacial score (nSPS) is 19.2. The van der Waals surface area contributed by atoms with Crippen molar-refractivity contribution in [3.63, 3.8) is 0 Å². The minimum absolute atomic E-state index is 0.0106. The van der Waals surface area contributed by atoms with Gasteiger partial charge in [-0.2, -0.15) is 0 Å². The summed E-state index contributed by atoms with van der Waals surface area (Å²) in [6.07, 6.45) is 6.93. The Morgan fingerprint density at radius 3 is 2.54 bits per heavy atom. The lowest BCUT2D eigenvalue weighted by molar-refractivity contribution is -0.129. The first-order valence-corrected chi connectivity index (χ1v) is 10.4. The lowest BCUT2D eigenvalue weighted by atomic mass is 10.1. The summed E-state index contributed by atoms with van der Waals surface area (Å²) >= 11 is 6.21. The molecular formula is C21H27ClN2O4. The zero-order valence-corrected chi connectivity index (χ0v) is 17.0. The van der Waals surface area contributed by atoms with E-state index in [-0.39, 0.29) is 23.4 Å². The molecule has 1 aliphatic heterocycles. The molecule has 0 unspecified atom stereocenters. The second kappa shape index (κ2) is 9.41. The van der Waals surface area contributed by atoms with Gasteiger partial charge in [0.25, 0.3) is 5.91 Å². The first kappa shape index (κ1) is 20.6. The van der Waals surface area contributed by atoms with Crippen LogP contribution in [0, 0.1) is 0 Å². The lowest BCUT2D eigenvalue weighted by Gasteiger charge is -2.20. The van der Waals surface area contributed by atoms with Crippen molar-refractivity contribution < 1.29 is 19.1 Å². The molecule has 1 saturated carbocycles. The summed E-state index contributed by atoms with van der Waals surface area (Å²) in [5, 5.41) is 3.40. The van der Waals surface area contributed by atoms with Gasteiger partial charge in [0.1, 0.15) is 0 Å². The van der Waals surface area contributed by atoms with E-state index in [1.54, 1.807) is 30.0 Å². The molecule has 1 aliphatic carbocycles. The number of amides is 2. The zero-order chi connectivity index (χ0) is 20.1. The molecular weight excluding hydrogens is 380 g/mol. The van der Waals surface area contributed by atoms with Crippen molar-refractivity contribution in [2.45, 2.75) is 70.4 Å². The Balaban J connectivity index is 1.62. The summed E-state index contributed by atoms with van der Waals surface area (Å²) in [4.78, 5) is 38.5. The van der Waals surface area contributed by atoms with Crippen LogP contribution < -0.4 is 10.2 Å². The Hall–Kier alpha value is -2.08. The van der Waals surface area contributed by atoms with E-state index in [2.05, 4.69) is 5.32 Å². The number of benzene rings is 1. The van der Waals surface area contributed by atoms with Crippen LogP contribution in [0.3, 0.4) is 0 Å². The van der Waals surface area contributed by atoms with E-state index in [9.17, 15) is 14.4 Å². The Bertz CT molecular complexity index is 744. The summed E-state index contributed by atoms with van der Waals surface area (Å²) in [7, 11) is 0. The Labute approximate surface area is 170 Å². The number of halogens is 1. The van der Waals surface area contributed by atoms with Crippen LogP contribution in [0.4, 0.5) is 5.69 Å². The average Bonchev–Trinajstić information content (AvgIpc) is 2.93. The van der Waals surface area contributed by atoms with Gasteiger partial charge in [0, 0.05) is 19.0 Å². The summed E-state index contributed by atoms with van der Waals surface area (Å²) < 4.78 is 5.36. The maximum absolute atomic E-state index is 12.5. The van der Waals surface area contributed by atoms with Crippen LogP contribution in [0.1, 0.15) is 68.6 Å². The molecule has 28 heavy (non-hydrogen) atoms. The second-order valence-corrected chi connectivity index (χ2v) is 7.97. The number of carbonyl (C=O) groups is 3. The first-order chi connectivity index (χ1) is 13.5. The van der Waals surface area contributed by atoms with Crippen LogP contribution in [0.2, 0.25) is 5.02 Å². The van der Waals surface area contributed by atoms with Gasteiger partial charge in [0.2, 0.25) is 5.91 Å². The smallest absolute Gasteiger partial charge is 0.338 e. The first-order valence-electron chi connectivity index (χ1n) is 10.1. The number of nitrogens with one attached hydrogen (secondary N) is 1. The molecule has 1 aromatic carbocycles. The van der Waals surface area contributed by atoms with Crippen molar-refractivity contribution in [1.29, 1.82) is 0 Å². The van der Waals surface area contributed by atoms with Gasteiger partial charge < -0.3 is 15.0 Å². The van der Waals surface area contributed by atoms with Crippen LogP contribution in [0.5, 0.6) is 0 Å². The highest BCUT2D eigenvalue weighted by Crippen LogP contribution is 2.30. The van der Waals surface area contributed by atoms with Gasteiger partial charge in [0.15, 0.2) is 6.10 Å². The third-order valence-electron chi connectivity index (χ3n) is 5.40. The van der Waals surface area contributed by atoms with Crippen LogP contribution in [0.15, 0.2) is 18.2 Å². The molecule has 1 N–H and O–H groups in total. The van der Waals surface area contributed by atoms with E-state index in [1.807, 2.05) is 0 Å². The number of nitrogens with zero attached hydrogens (tertiary/aromatic N) is 1. The third-order valence-corrected chi connectivity index (χ3v) is 5.72. The zero-order valence-electron chi connectivity index (χ0n) is 16.2. The highest BCUT2D eigenvalue weighted by molar-refractivity contribution is 6.34. The van der Waals surface area contributed by atoms with E-state index in [4.69, 9.17) is 16.3 Å². The molecule has 1 aromatic rings. The fraction of sp³-hybridized carbons (Fsp3) is 0.571. The predicted molar refractivity (Wildman–Crippen MR) is 108 cm³/mol. The second-order valence-electron chi connectivity index (χ2n) is 7.56. The van der Waals surface area contributed by atoms with Gasteiger partial charge in [0.05, 0.1) is 16.3 Å². The topological polar surface area (TPSA) is 75.7 Å². The van der Waals surface area contributed by atoms with Gasteiger partial charge in [-0.15, -0.1) is 0 Å². The highest BCUT2D eigenvalue weighted by Gasteiger charge is 2.26. The lowest BCUT2D eigenvalue weighted by Crippen LogP contribution is -2.41. The molecule has 0 radical (unpaired) electrons. The largest absolute Gasteiger partial charge is 0.449 e. The molecule has 1 saturated heterocycles. The average molecular weight is 407 g/mol. The number of rotatable bonds is 5. The van der Waals surface area contributed by atoms with E-state index >= 15 is 0 Å². The maximum Gasteiger partial charge on any atom is 0.338 e. The van der Waals surface area contributed by atoms with Crippen molar-refractivity contribution in [2.75, 3.05) is 11.4 Å². The molecule has 0 bridgehead atoms. The number of ether oxygens (including phenoxy) is 1. The predicted octanol–water partition coefficient (Wildman–Crippen LogP) is 3.85. The summed E-state index contributed by atoms with van der Waals surface area (Å²) in [6.45, 7) is 2.15. The quantitative estimate of drug-likeness (QED) is 0.595. The maximum atomic E-state index is 12.5. The molecule has 3 rings (SSSR count). The minimum Gasteiger partial charge on any atom is -0.449 e. The Morgan fingerprint density at radius 2 is 1.89 bits per heavy atom. The van der Waals surface area contributed by atoms with Gasteiger partial charge in [-0.1, -0.05) is 37.3 Å². The SMILES string of the molecule is C[C@H](OC(=O)c1ccc(Cl)c(N2CCCC2=O)c1)C(=O)NC1CCCCCC1. The van der Waals surface area contributed by atoms with E-state index in [0.29, 0.717) is 23.7 Å². The van der Waals surface area contributed by atoms with Crippen LogP contribution in [-0.2, 0) is 14.3 Å². The van der Waals surface area contributed by atoms with Gasteiger partial charge in [-0.3, -0.25) is 9.59 Å².